The lowest BCUT2D eigenvalue weighted by Gasteiger charge is -2.07. The van der Waals surface area contributed by atoms with E-state index in [1.54, 1.807) is 0 Å². The largest absolute Gasteiger partial charge is 0.334 e. The number of aromatic nitrogens is 4. The SMILES string of the molecule is CCCc1noc(-c2c(Cl)ccc(C(=O)c3cc(=O)n(C)[nH]3)c2Cl)n1. The maximum absolute atomic E-state index is 12.7. The molecule has 0 unspecified atom stereocenters. The summed E-state index contributed by atoms with van der Waals surface area (Å²) in [5.41, 5.74) is 0.273. The van der Waals surface area contributed by atoms with Crippen LogP contribution in [-0.4, -0.2) is 25.7 Å². The first-order valence-corrected chi connectivity index (χ1v) is 8.29. The molecule has 0 saturated carbocycles. The highest BCUT2D eigenvalue weighted by Gasteiger charge is 2.23. The molecule has 0 spiro atoms. The number of ketones is 1. The van der Waals surface area contributed by atoms with Gasteiger partial charge in [-0.2, -0.15) is 4.98 Å². The zero-order valence-electron chi connectivity index (χ0n) is 13.5. The minimum Gasteiger partial charge on any atom is -0.334 e. The Morgan fingerprint density at radius 2 is 2.12 bits per heavy atom. The Labute approximate surface area is 152 Å². The first kappa shape index (κ1) is 17.4. The first-order valence-electron chi connectivity index (χ1n) is 7.54. The Balaban J connectivity index is 2.07. The van der Waals surface area contributed by atoms with Crippen LogP contribution in [0.25, 0.3) is 11.5 Å². The monoisotopic (exact) mass is 380 g/mol. The van der Waals surface area contributed by atoms with Gasteiger partial charge >= 0.3 is 0 Å². The summed E-state index contributed by atoms with van der Waals surface area (Å²) in [6.45, 7) is 2.00. The van der Waals surface area contributed by atoms with Gasteiger partial charge in [-0.3, -0.25) is 19.4 Å². The standard InChI is InChI=1S/C16H14Cl2N4O3/c1-3-4-11-19-16(25-21-11)13-9(17)6-5-8(14(13)18)15(24)10-7-12(23)22(2)20-10/h5-7,20H,3-4H2,1-2H3. The van der Waals surface area contributed by atoms with Gasteiger partial charge in [0.1, 0.15) is 5.69 Å². The fourth-order valence-electron chi connectivity index (χ4n) is 2.35. The second-order valence-corrected chi connectivity index (χ2v) is 6.23. The number of hydrogen-bond donors (Lipinski definition) is 1. The van der Waals surface area contributed by atoms with E-state index in [-0.39, 0.29) is 32.8 Å². The van der Waals surface area contributed by atoms with Gasteiger partial charge < -0.3 is 4.52 Å². The molecule has 0 amide bonds. The lowest BCUT2D eigenvalue weighted by atomic mass is 10.0. The average Bonchev–Trinajstić information content (AvgIpc) is 3.15. The fourth-order valence-corrected chi connectivity index (χ4v) is 2.97. The Morgan fingerprint density at radius 3 is 2.76 bits per heavy atom. The van der Waals surface area contributed by atoms with Crippen molar-refractivity contribution in [1.29, 1.82) is 0 Å². The van der Waals surface area contributed by atoms with Crippen LogP contribution in [0.5, 0.6) is 0 Å². The summed E-state index contributed by atoms with van der Waals surface area (Å²) >= 11 is 12.6. The summed E-state index contributed by atoms with van der Waals surface area (Å²) in [5.74, 6) is 0.248. The van der Waals surface area contributed by atoms with Gasteiger partial charge in [0, 0.05) is 25.1 Å². The van der Waals surface area contributed by atoms with Crippen molar-refractivity contribution in [3.05, 3.63) is 55.7 Å². The zero-order valence-corrected chi connectivity index (χ0v) is 15.0. The molecule has 7 nitrogen and oxygen atoms in total. The van der Waals surface area contributed by atoms with Gasteiger partial charge in [0.25, 0.3) is 11.4 Å². The second kappa shape index (κ2) is 6.85. The normalized spacial score (nSPS) is 11.0. The van der Waals surface area contributed by atoms with Crippen LogP contribution >= 0.6 is 23.2 Å². The minimum atomic E-state index is -0.436. The van der Waals surface area contributed by atoms with Crippen molar-refractivity contribution >= 4 is 29.0 Å². The zero-order chi connectivity index (χ0) is 18.1. The highest BCUT2D eigenvalue weighted by atomic mass is 35.5. The molecule has 1 N–H and O–H groups in total. The van der Waals surface area contributed by atoms with Crippen molar-refractivity contribution in [1.82, 2.24) is 19.9 Å². The van der Waals surface area contributed by atoms with Crippen LogP contribution in [0.1, 0.15) is 35.2 Å². The molecule has 0 radical (unpaired) electrons. The number of carbonyl (C=O) groups is 1. The third-order valence-electron chi connectivity index (χ3n) is 3.62. The molecule has 0 atom stereocenters. The molecule has 0 bridgehead atoms. The Hall–Kier alpha value is -2.38. The average molecular weight is 381 g/mol. The van der Waals surface area contributed by atoms with Gasteiger partial charge in [0.15, 0.2) is 5.82 Å². The van der Waals surface area contributed by atoms with E-state index >= 15 is 0 Å². The molecule has 0 saturated heterocycles. The predicted octanol–water partition coefficient (Wildman–Crippen LogP) is 3.25. The summed E-state index contributed by atoms with van der Waals surface area (Å²) in [6.07, 6.45) is 1.52. The van der Waals surface area contributed by atoms with Crippen LogP contribution in [-0.2, 0) is 13.5 Å². The topological polar surface area (TPSA) is 93.8 Å². The molecule has 130 valence electrons. The summed E-state index contributed by atoms with van der Waals surface area (Å²) in [6, 6.07) is 4.23. The smallest absolute Gasteiger partial charge is 0.266 e. The van der Waals surface area contributed by atoms with E-state index in [1.807, 2.05) is 6.92 Å². The summed E-state index contributed by atoms with van der Waals surface area (Å²) < 4.78 is 6.43. The highest BCUT2D eigenvalue weighted by molar-refractivity contribution is 6.41. The molecule has 2 heterocycles. The Morgan fingerprint density at radius 1 is 1.36 bits per heavy atom. The third-order valence-corrected chi connectivity index (χ3v) is 4.33. The van der Waals surface area contributed by atoms with Crippen LogP contribution in [0.15, 0.2) is 27.5 Å². The summed E-state index contributed by atoms with van der Waals surface area (Å²) in [5, 5.41) is 6.93. The Bertz CT molecular complexity index is 1000. The molecule has 0 fully saturated rings. The van der Waals surface area contributed by atoms with Gasteiger partial charge in [-0.1, -0.05) is 35.3 Å². The molecular weight excluding hydrogens is 367 g/mol. The van der Waals surface area contributed by atoms with Gasteiger partial charge in [-0.25, -0.2) is 0 Å². The fraction of sp³-hybridized carbons (Fsp3) is 0.250. The molecule has 3 rings (SSSR count). The number of benzene rings is 1. The Kier molecular flexibility index (Phi) is 4.78. The van der Waals surface area contributed by atoms with Crippen LogP contribution < -0.4 is 5.56 Å². The lowest BCUT2D eigenvalue weighted by molar-refractivity contribution is 0.103. The molecule has 0 aliphatic rings. The molecule has 25 heavy (non-hydrogen) atoms. The molecule has 0 aliphatic carbocycles. The number of aromatic amines is 1. The van der Waals surface area contributed by atoms with Crippen molar-refractivity contribution < 1.29 is 9.32 Å². The molecule has 2 aromatic heterocycles. The predicted molar refractivity (Wildman–Crippen MR) is 93.2 cm³/mol. The van der Waals surface area contributed by atoms with Crippen LogP contribution in [0.4, 0.5) is 0 Å². The number of nitrogens with one attached hydrogen (secondary N) is 1. The van der Waals surface area contributed by atoms with E-state index in [0.29, 0.717) is 17.8 Å². The maximum Gasteiger partial charge on any atom is 0.266 e. The number of nitrogens with zero attached hydrogens (tertiary/aromatic N) is 3. The van der Waals surface area contributed by atoms with E-state index in [1.165, 1.54) is 29.9 Å². The molecule has 9 heteroatoms. The molecule has 3 aromatic rings. The van der Waals surface area contributed by atoms with Crippen LogP contribution in [0.2, 0.25) is 10.0 Å². The third kappa shape index (κ3) is 3.25. The van der Waals surface area contributed by atoms with Crippen molar-refractivity contribution in [2.24, 2.45) is 7.05 Å². The van der Waals surface area contributed by atoms with E-state index in [2.05, 4.69) is 15.2 Å². The van der Waals surface area contributed by atoms with Gasteiger partial charge in [-0.05, 0) is 18.6 Å². The minimum absolute atomic E-state index is 0.0916. The first-order chi connectivity index (χ1) is 11.9. The molecule has 1 aromatic carbocycles. The number of halogens is 2. The quantitative estimate of drug-likeness (QED) is 0.685. The van der Waals surface area contributed by atoms with Crippen molar-refractivity contribution in [3.63, 3.8) is 0 Å². The van der Waals surface area contributed by atoms with Gasteiger partial charge in [0.2, 0.25) is 5.78 Å². The number of aryl methyl sites for hydroxylation is 2. The van der Waals surface area contributed by atoms with E-state index in [4.69, 9.17) is 27.7 Å². The highest BCUT2D eigenvalue weighted by Crippen LogP contribution is 2.36. The number of H-pyrrole nitrogens is 1. The molecule has 0 aliphatic heterocycles. The second-order valence-electron chi connectivity index (χ2n) is 5.45. The van der Waals surface area contributed by atoms with Crippen LogP contribution in [0.3, 0.4) is 0 Å². The maximum atomic E-state index is 12.7. The van der Waals surface area contributed by atoms with Crippen molar-refractivity contribution in [3.8, 4) is 11.5 Å². The van der Waals surface area contributed by atoms with Crippen molar-refractivity contribution in [2.45, 2.75) is 19.8 Å². The van der Waals surface area contributed by atoms with E-state index < -0.39 is 5.78 Å². The number of carbonyl (C=O) groups excluding carboxylic acids is 1. The number of hydrogen-bond acceptors (Lipinski definition) is 5. The van der Waals surface area contributed by atoms with Gasteiger partial charge in [0.05, 0.1) is 15.6 Å². The molecular formula is C16H14Cl2N4O3. The van der Waals surface area contributed by atoms with Crippen LogP contribution in [0, 0.1) is 0 Å². The number of rotatable bonds is 5. The van der Waals surface area contributed by atoms with E-state index in [9.17, 15) is 9.59 Å². The summed E-state index contributed by atoms with van der Waals surface area (Å²) in [7, 11) is 1.52. The van der Waals surface area contributed by atoms with Crippen molar-refractivity contribution in [2.75, 3.05) is 0 Å². The summed E-state index contributed by atoms with van der Waals surface area (Å²) in [4.78, 5) is 28.5. The van der Waals surface area contributed by atoms with E-state index in [0.717, 1.165) is 6.42 Å². The van der Waals surface area contributed by atoms with Gasteiger partial charge in [-0.15, -0.1) is 0 Å². The lowest BCUT2D eigenvalue weighted by Crippen LogP contribution is -2.10.